The summed E-state index contributed by atoms with van der Waals surface area (Å²) in [5, 5.41) is 11.7. The highest BCUT2D eigenvalue weighted by atomic mass is 16.6. The monoisotopic (exact) mass is 370 g/mol. The molecular formula is C24H22N2O2. The first-order chi connectivity index (χ1) is 13.7. The lowest BCUT2D eigenvalue weighted by Gasteiger charge is -2.42. The van der Waals surface area contributed by atoms with Crippen molar-refractivity contribution in [2.24, 2.45) is 0 Å². The molecule has 4 heteroatoms. The fraction of sp³-hybridized carbons (Fsp3) is 0.250. The van der Waals surface area contributed by atoms with E-state index in [0.29, 0.717) is 0 Å². The molecule has 0 saturated carbocycles. The summed E-state index contributed by atoms with van der Waals surface area (Å²) in [6.45, 7) is 2.00. The first-order valence-electron chi connectivity index (χ1n) is 9.89. The van der Waals surface area contributed by atoms with Crippen LogP contribution in [0.2, 0.25) is 0 Å². The molecule has 0 N–H and O–H groups in total. The zero-order chi connectivity index (χ0) is 19.1. The van der Waals surface area contributed by atoms with Gasteiger partial charge in [0.2, 0.25) is 0 Å². The van der Waals surface area contributed by atoms with Crippen molar-refractivity contribution in [3.63, 3.8) is 0 Å². The molecule has 4 nitrogen and oxygen atoms in total. The van der Waals surface area contributed by atoms with Gasteiger partial charge in [-0.15, -0.1) is 0 Å². The van der Waals surface area contributed by atoms with Gasteiger partial charge in [-0.1, -0.05) is 60.7 Å². The molecule has 0 spiro atoms. The second kappa shape index (κ2) is 6.79. The first-order valence-corrected chi connectivity index (χ1v) is 9.89. The molecule has 0 amide bonds. The number of hydrogen-bond donors (Lipinski definition) is 0. The molecule has 5 rings (SSSR count). The van der Waals surface area contributed by atoms with Crippen LogP contribution in [0.25, 0.3) is 0 Å². The lowest BCUT2D eigenvalue weighted by molar-refractivity contribution is -0.385. The zero-order valence-corrected chi connectivity index (χ0v) is 15.6. The van der Waals surface area contributed by atoms with Gasteiger partial charge in [0, 0.05) is 42.7 Å². The molecule has 0 radical (unpaired) electrons. The van der Waals surface area contributed by atoms with Gasteiger partial charge in [0.25, 0.3) is 5.69 Å². The lowest BCUT2D eigenvalue weighted by atomic mass is 9.76. The Labute approximate surface area is 164 Å². The topological polar surface area (TPSA) is 46.4 Å². The van der Waals surface area contributed by atoms with Crippen molar-refractivity contribution in [1.82, 2.24) is 0 Å². The molecule has 0 saturated heterocycles. The maximum atomic E-state index is 11.7. The molecule has 140 valence electrons. The summed E-state index contributed by atoms with van der Waals surface area (Å²) < 4.78 is 0. The van der Waals surface area contributed by atoms with Crippen LogP contribution in [0.3, 0.4) is 0 Å². The average molecular weight is 370 g/mol. The Balaban J connectivity index is 1.72. The second-order valence-electron chi connectivity index (χ2n) is 7.72. The van der Waals surface area contributed by atoms with Crippen LogP contribution in [-0.2, 0) is 0 Å². The highest BCUT2D eigenvalue weighted by molar-refractivity contribution is 5.71. The van der Waals surface area contributed by atoms with Crippen molar-refractivity contribution in [1.29, 1.82) is 0 Å². The van der Waals surface area contributed by atoms with E-state index < -0.39 is 0 Å². The van der Waals surface area contributed by atoms with Gasteiger partial charge in [-0.25, -0.2) is 0 Å². The Morgan fingerprint density at radius 2 is 1.25 bits per heavy atom. The van der Waals surface area contributed by atoms with Gasteiger partial charge in [0.1, 0.15) is 0 Å². The second-order valence-corrected chi connectivity index (χ2v) is 7.72. The summed E-state index contributed by atoms with van der Waals surface area (Å²) in [7, 11) is 0. The SMILES string of the molecule is O=[N+]([O-])c1cc2c3c(c1)C(c1ccccc1)CCN3CCC2c1ccccc1. The molecule has 0 aliphatic carbocycles. The summed E-state index contributed by atoms with van der Waals surface area (Å²) >= 11 is 0. The number of hydrogen-bond acceptors (Lipinski definition) is 3. The number of nitrogens with zero attached hydrogens (tertiary/aromatic N) is 2. The van der Waals surface area contributed by atoms with E-state index in [9.17, 15) is 10.1 Å². The standard InChI is InChI=1S/C24H22N2O2/c27-26(28)19-15-22-20(17-7-3-1-4-8-17)11-13-25-14-12-21(23(16-19)24(22)25)18-9-5-2-6-10-18/h1-10,15-16,20-21H,11-14H2. The predicted octanol–water partition coefficient (Wildman–Crippen LogP) is 5.47. The molecule has 2 unspecified atom stereocenters. The van der Waals surface area contributed by atoms with E-state index in [4.69, 9.17) is 0 Å². The number of rotatable bonds is 3. The molecule has 3 aromatic carbocycles. The maximum Gasteiger partial charge on any atom is 0.270 e. The number of nitro benzene ring substituents is 1. The molecule has 28 heavy (non-hydrogen) atoms. The van der Waals surface area contributed by atoms with Crippen LogP contribution in [0.5, 0.6) is 0 Å². The van der Waals surface area contributed by atoms with Gasteiger partial charge < -0.3 is 4.90 Å². The largest absolute Gasteiger partial charge is 0.371 e. The van der Waals surface area contributed by atoms with Gasteiger partial charge >= 0.3 is 0 Å². The predicted molar refractivity (Wildman–Crippen MR) is 111 cm³/mol. The Morgan fingerprint density at radius 1 is 0.786 bits per heavy atom. The molecule has 2 aliphatic rings. The van der Waals surface area contributed by atoms with Crippen molar-refractivity contribution in [3.8, 4) is 0 Å². The number of anilines is 1. The minimum Gasteiger partial charge on any atom is -0.371 e. The van der Waals surface area contributed by atoms with Crippen molar-refractivity contribution in [3.05, 3.63) is 105 Å². The summed E-state index contributed by atoms with van der Waals surface area (Å²) in [5.41, 5.74) is 6.15. The highest BCUT2D eigenvalue weighted by Gasteiger charge is 2.36. The minimum atomic E-state index is -0.242. The van der Waals surface area contributed by atoms with E-state index in [1.165, 1.54) is 16.8 Å². The zero-order valence-electron chi connectivity index (χ0n) is 15.6. The van der Waals surface area contributed by atoms with Crippen LogP contribution in [0, 0.1) is 10.1 Å². The van der Waals surface area contributed by atoms with Crippen LogP contribution in [-0.4, -0.2) is 18.0 Å². The summed E-state index contributed by atoms with van der Waals surface area (Å²) in [6, 6.07) is 24.5. The molecule has 0 aromatic heterocycles. The van der Waals surface area contributed by atoms with Crippen LogP contribution in [0.1, 0.15) is 46.9 Å². The van der Waals surface area contributed by atoms with E-state index in [-0.39, 0.29) is 22.4 Å². The quantitative estimate of drug-likeness (QED) is 0.453. The normalized spacial score (nSPS) is 20.5. The maximum absolute atomic E-state index is 11.7. The average Bonchev–Trinajstić information content (AvgIpc) is 2.75. The van der Waals surface area contributed by atoms with Crippen LogP contribution >= 0.6 is 0 Å². The smallest absolute Gasteiger partial charge is 0.270 e. The molecule has 3 aromatic rings. The van der Waals surface area contributed by atoms with E-state index in [1.54, 1.807) is 0 Å². The van der Waals surface area contributed by atoms with Crippen molar-refractivity contribution < 1.29 is 4.92 Å². The molecular weight excluding hydrogens is 348 g/mol. The van der Waals surface area contributed by atoms with E-state index in [2.05, 4.69) is 53.4 Å². The van der Waals surface area contributed by atoms with Crippen molar-refractivity contribution in [2.45, 2.75) is 24.7 Å². The molecule has 2 aliphatic heterocycles. The third-order valence-electron chi connectivity index (χ3n) is 6.21. The minimum absolute atomic E-state index is 0.208. The fourth-order valence-corrected chi connectivity index (χ4v) is 4.94. The third kappa shape index (κ3) is 2.76. The molecule has 2 heterocycles. The van der Waals surface area contributed by atoms with Crippen LogP contribution in [0.4, 0.5) is 11.4 Å². The Morgan fingerprint density at radius 3 is 1.68 bits per heavy atom. The van der Waals surface area contributed by atoms with E-state index >= 15 is 0 Å². The summed E-state index contributed by atoms with van der Waals surface area (Å²) in [4.78, 5) is 13.9. The van der Waals surface area contributed by atoms with Crippen molar-refractivity contribution in [2.75, 3.05) is 18.0 Å². The van der Waals surface area contributed by atoms with Crippen molar-refractivity contribution >= 4 is 11.4 Å². The number of benzene rings is 3. The molecule has 2 atom stereocenters. The Kier molecular flexibility index (Phi) is 4.12. The molecule has 0 bridgehead atoms. The van der Waals surface area contributed by atoms with Gasteiger partial charge in [-0.3, -0.25) is 10.1 Å². The van der Waals surface area contributed by atoms with E-state index in [0.717, 1.165) is 37.1 Å². The highest BCUT2D eigenvalue weighted by Crippen LogP contribution is 2.49. The first kappa shape index (κ1) is 17.0. The molecule has 0 fully saturated rings. The summed E-state index contributed by atoms with van der Waals surface area (Å²) in [6.07, 6.45) is 1.99. The van der Waals surface area contributed by atoms with Crippen LogP contribution in [0.15, 0.2) is 72.8 Å². The Bertz CT molecular complexity index is 945. The van der Waals surface area contributed by atoms with Gasteiger partial charge in [0.05, 0.1) is 4.92 Å². The third-order valence-corrected chi connectivity index (χ3v) is 6.21. The lowest BCUT2D eigenvalue weighted by Crippen LogP contribution is -2.37. The summed E-state index contributed by atoms with van der Waals surface area (Å²) in [5.74, 6) is 0.418. The van der Waals surface area contributed by atoms with Gasteiger partial charge in [-0.2, -0.15) is 0 Å². The van der Waals surface area contributed by atoms with E-state index in [1.807, 2.05) is 24.3 Å². The number of non-ortho nitro benzene ring substituents is 1. The fourth-order valence-electron chi connectivity index (χ4n) is 4.94. The Hall–Kier alpha value is -3.14. The van der Waals surface area contributed by atoms with Crippen LogP contribution < -0.4 is 4.90 Å². The van der Waals surface area contributed by atoms with Gasteiger partial charge in [-0.05, 0) is 35.1 Å². The number of nitro groups is 1. The van der Waals surface area contributed by atoms with Gasteiger partial charge in [0.15, 0.2) is 0 Å².